The van der Waals surface area contributed by atoms with Crippen molar-refractivity contribution in [2.75, 3.05) is 0 Å². The first kappa shape index (κ1) is 16.7. The fourth-order valence-electron chi connectivity index (χ4n) is 2.08. The topological polar surface area (TPSA) is 9.23 Å². The predicted molar refractivity (Wildman–Crippen MR) is 97.2 cm³/mol. The average molecular weight is 308 g/mol. The maximum atomic E-state index is 5.95. The molecule has 0 atom stereocenters. The molecular formula is C20H24OSi. The lowest BCUT2D eigenvalue weighted by Crippen LogP contribution is -2.31. The third kappa shape index (κ3) is 4.97. The summed E-state index contributed by atoms with van der Waals surface area (Å²) in [6.45, 7) is 13.0. The van der Waals surface area contributed by atoms with Crippen LogP contribution in [0.5, 0.6) is 0 Å². The summed E-state index contributed by atoms with van der Waals surface area (Å²) in [6.07, 6.45) is 0. The standard InChI is InChI=1S/C20H24OSi/c1-15(2)16-10-8-11-18(13-16)22-19-12-7-6-9-17(19)14-21-20(3,4)5/h6-13H,1,14H2,2-5H3. The van der Waals surface area contributed by atoms with E-state index in [-0.39, 0.29) is 5.60 Å². The van der Waals surface area contributed by atoms with Gasteiger partial charge in [-0.15, -0.1) is 0 Å². The van der Waals surface area contributed by atoms with Crippen LogP contribution in [0.3, 0.4) is 0 Å². The molecule has 1 nitrogen and oxygen atoms in total. The zero-order valence-corrected chi connectivity index (χ0v) is 14.9. The lowest BCUT2D eigenvalue weighted by atomic mass is 10.1. The first-order chi connectivity index (χ1) is 10.3. The van der Waals surface area contributed by atoms with Crippen LogP contribution in [-0.2, 0) is 11.3 Å². The van der Waals surface area contributed by atoms with Gasteiger partial charge in [0.2, 0.25) is 0 Å². The largest absolute Gasteiger partial charge is 0.371 e. The third-order valence-corrected chi connectivity index (χ3v) is 4.67. The second-order valence-electron chi connectivity index (χ2n) is 6.54. The summed E-state index contributed by atoms with van der Waals surface area (Å²) in [4.78, 5) is 0. The van der Waals surface area contributed by atoms with E-state index >= 15 is 0 Å². The molecule has 0 aliphatic heterocycles. The van der Waals surface area contributed by atoms with E-state index in [2.05, 4.69) is 75.9 Å². The first-order valence-electron chi connectivity index (χ1n) is 7.60. The van der Waals surface area contributed by atoms with Crippen molar-refractivity contribution in [3.8, 4) is 0 Å². The van der Waals surface area contributed by atoms with Gasteiger partial charge in [-0.05, 0) is 38.8 Å². The van der Waals surface area contributed by atoms with Crippen LogP contribution in [0, 0.1) is 0 Å². The Balaban J connectivity index is 2.19. The molecule has 0 spiro atoms. The minimum Gasteiger partial charge on any atom is -0.371 e. The minimum absolute atomic E-state index is 0.115. The van der Waals surface area contributed by atoms with Crippen LogP contribution in [-0.4, -0.2) is 15.1 Å². The number of allylic oxidation sites excluding steroid dienone is 1. The van der Waals surface area contributed by atoms with Gasteiger partial charge in [0.25, 0.3) is 0 Å². The summed E-state index contributed by atoms with van der Waals surface area (Å²) in [6, 6.07) is 17.2. The average Bonchev–Trinajstić information content (AvgIpc) is 2.46. The number of ether oxygens (including phenoxy) is 1. The molecule has 2 aromatic rings. The Hall–Kier alpha value is -1.64. The molecule has 0 saturated heterocycles. The number of hydrogen-bond acceptors (Lipinski definition) is 1. The van der Waals surface area contributed by atoms with Gasteiger partial charge in [0, 0.05) is 0 Å². The van der Waals surface area contributed by atoms with E-state index in [1.165, 1.54) is 21.5 Å². The van der Waals surface area contributed by atoms with Crippen molar-refractivity contribution < 1.29 is 4.74 Å². The summed E-state index contributed by atoms with van der Waals surface area (Å²) in [5, 5.41) is 2.69. The maximum absolute atomic E-state index is 5.95. The van der Waals surface area contributed by atoms with Gasteiger partial charge in [-0.25, -0.2) is 0 Å². The fraction of sp³-hybridized carbons (Fsp3) is 0.300. The van der Waals surface area contributed by atoms with Crippen LogP contribution >= 0.6 is 0 Å². The highest BCUT2D eigenvalue weighted by Gasteiger charge is 2.12. The van der Waals surface area contributed by atoms with Gasteiger partial charge in [0.05, 0.1) is 12.2 Å². The highest BCUT2D eigenvalue weighted by atomic mass is 28.2. The molecule has 0 aliphatic carbocycles. The zero-order valence-electron chi connectivity index (χ0n) is 13.9. The van der Waals surface area contributed by atoms with Crippen LogP contribution in [0.2, 0.25) is 0 Å². The zero-order chi connectivity index (χ0) is 16.2. The second kappa shape index (κ2) is 7.08. The maximum Gasteiger partial charge on any atom is 0.122 e. The molecule has 22 heavy (non-hydrogen) atoms. The molecule has 0 unspecified atom stereocenters. The third-order valence-electron chi connectivity index (χ3n) is 3.31. The van der Waals surface area contributed by atoms with Crippen molar-refractivity contribution in [3.63, 3.8) is 0 Å². The summed E-state index contributed by atoms with van der Waals surface area (Å²) in [7, 11) is 0.637. The number of hydrogen-bond donors (Lipinski definition) is 0. The normalized spacial score (nSPS) is 11.5. The van der Waals surface area contributed by atoms with E-state index in [0.717, 1.165) is 5.57 Å². The van der Waals surface area contributed by atoms with Crippen molar-refractivity contribution in [2.45, 2.75) is 39.9 Å². The summed E-state index contributed by atoms with van der Waals surface area (Å²) < 4.78 is 5.95. The molecule has 0 bridgehead atoms. The molecule has 0 N–H and O–H groups in total. The Morgan fingerprint density at radius 3 is 2.50 bits per heavy atom. The minimum atomic E-state index is -0.115. The predicted octanol–water partition coefficient (Wildman–Crippen LogP) is 3.69. The van der Waals surface area contributed by atoms with Crippen LogP contribution < -0.4 is 10.4 Å². The number of benzene rings is 2. The van der Waals surface area contributed by atoms with Crippen molar-refractivity contribution >= 4 is 25.5 Å². The van der Waals surface area contributed by atoms with Gasteiger partial charge in [0.1, 0.15) is 9.52 Å². The van der Waals surface area contributed by atoms with Crippen LogP contribution in [0.15, 0.2) is 55.1 Å². The molecule has 0 saturated carbocycles. The summed E-state index contributed by atoms with van der Waals surface area (Å²) in [5.41, 5.74) is 3.48. The Labute approximate surface area is 136 Å². The second-order valence-corrected chi connectivity index (χ2v) is 7.91. The molecule has 0 aliphatic rings. The molecule has 0 amide bonds. The van der Waals surface area contributed by atoms with E-state index in [1.54, 1.807) is 0 Å². The fourth-order valence-corrected chi connectivity index (χ4v) is 3.29. The monoisotopic (exact) mass is 308 g/mol. The van der Waals surface area contributed by atoms with E-state index in [4.69, 9.17) is 4.74 Å². The molecule has 0 fully saturated rings. The molecule has 0 heterocycles. The SMILES string of the molecule is C=C(C)c1cccc([Si]c2ccccc2COC(C)(C)C)c1. The van der Waals surface area contributed by atoms with Crippen molar-refractivity contribution in [1.29, 1.82) is 0 Å². The quantitative estimate of drug-likeness (QED) is 0.766. The molecule has 2 rings (SSSR count). The van der Waals surface area contributed by atoms with Gasteiger partial charge in [-0.3, -0.25) is 0 Å². The van der Waals surface area contributed by atoms with Gasteiger partial charge >= 0.3 is 0 Å². The number of rotatable bonds is 5. The lowest BCUT2D eigenvalue weighted by Gasteiger charge is -2.20. The van der Waals surface area contributed by atoms with Gasteiger partial charge < -0.3 is 4.74 Å². The van der Waals surface area contributed by atoms with E-state index in [1.807, 2.05) is 6.92 Å². The van der Waals surface area contributed by atoms with Crippen LogP contribution in [0.1, 0.15) is 38.8 Å². The Morgan fingerprint density at radius 2 is 1.82 bits per heavy atom. The highest BCUT2D eigenvalue weighted by Crippen LogP contribution is 2.11. The molecule has 114 valence electrons. The van der Waals surface area contributed by atoms with Crippen LogP contribution in [0.4, 0.5) is 0 Å². The summed E-state index contributed by atoms with van der Waals surface area (Å²) in [5.74, 6) is 0. The molecule has 0 aromatic heterocycles. The molecule has 2 radical (unpaired) electrons. The highest BCUT2D eigenvalue weighted by molar-refractivity contribution is 6.67. The molecule has 2 heteroatoms. The Morgan fingerprint density at radius 1 is 1.09 bits per heavy atom. The van der Waals surface area contributed by atoms with Gasteiger partial charge in [-0.2, -0.15) is 0 Å². The lowest BCUT2D eigenvalue weighted by molar-refractivity contribution is -0.0146. The molecular weight excluding hydrogens is 284 g/mol. The van der Waals surface area contributed by atoms with Crippen molar-refractivity contribution in [3.05, 3.63) is 66.2 Å². The van der Waals surface area contributed by atoms with Crippen molar-refractivity contribution in [1.82, 2.24) is 0 Å². The molecule has 2 aromatic carbocycles. The van der Waals surface area contributed by atoms with Gasteiger partial charge in [-0.1, -0.05) is 71.1 Å². The smallest absolute Gasteiger partial charge is 0.122 e. The van der Waals surface area contributed by atoms with Crippen molar-refractivity contribution in [2.24, 2.45) is 0 Å². The summed E-state index contributed by atoms with van der Waals surface area (Å²) >= 11 is 0. The van der Waals surface area contributed by atoms with E-state index in [9.17, 15) is 0 Å². The Bertz CT molecular complexity index is 653. The van der Waals surface area contributed by atoms with Crippen LogP contribution in [0.25, 0.3) is 5.57 Å². The van der Waals surface area contributed by atoms with Gasteiger partial charge in [0.15, 0.2) is 0 Å². The Kier molecular flexibility index (Phi) is 5.38. The van der Waals surface area contributed by atoms with E-state index in [0.29, 0.717) is 16.1 Å². The first-order valence-corrected chi connectivity index (χ1v) is 8.60. The van der Waals surface area contributed by atoms with E-state index < -0.39 is 0 Å².